The molecule has 3 rings (SSSR count). The second kappa shape index (κ2) is 7.31. The zero-order valence-electron chi connectivity index (χ0n) is 16.6. The molecule has 2 heterocycles. The van der Waals surface area contributed by atoms with Crippen LogP contribution in [-0.4, -0.2) is 69.5 Å². The third-order valence-corrected chi connectivity index (χ3v) is 5.07. The van der Waals surface area contributed by atoms with Gasteiger partial charge in [-0.15, -0.1) is 0 Å². The number of alkyl halides is 2. The number of fused-ring (bicyclic) bond motifs is 1. The standard InChI is InChI=1S/C18H26F2N4O4/c1-17(2,3)28-16(26)23-7-8-24-13(10-23)12(9-21-24)14(25)22(4)18(5-6-18)11-27-15(19)20/h9,15H,5-8,10-11H2,1-4H3. The van der Waals surface area contributed by atoms with Gasteiger partial charge in [0, 0.05) is 13.6 Å². The van der Waals surface area contributed by atoms with Crippen LogP contribution in [-0.2, 0) is 22.6 Å². The number of carbonyl (C=O) groups is 2. The van der Waals surface area contributed by atoms with Crippen LogP contribution in [0.25, 0.3) is 0 Å². The molecule has 0 radical (unpaired) electrons. The van der Waals surface area contributed by atoms with E-state index in [1.807, 2.05) is 0 Å². The lowest BCUT2D eigenvalue weighted by atomic mass is 10.1. The van der Waals surface area contributed by atoms with Crippen molar-refractivity contribution in [3.05, 3.63) is 17.5 Å². The molecule has 8 nitrogen and oxygen atoms in total. The van der Waals surface area contributed by atoms with Crippen LogP contribution in [0.5, 0.6) is 0 Å². The first-order valence-electron chi connectivity index (χ1n) is 9.23. The van der Waals surface area contributed by atoms with Crippen molar-refractivity contribution in [2.24, 2.45) is 0 Å². The fourth-order valence-corrected chi connectivity index (χ4v) is 3.24. The van der Waals surface area contributed by atoms with Crippen molar-refractivity contribution in [1.82, 2.24) is 19.6 Å². The van der Waals surface area contributed by atoms with E-state index in [0.29, 0.717) is 37.2 Å². The molecule has 2 aliphatic rings. The SMILES string of the molecule is CN(C(=O)c1cnn2c1CN(C(=O)OC(C)(C)C)CC2)C1(COC(F)F)CC1. The molecule has 28 heavy (non-hydrogen) atoms. The normalized spacial score (nSPS) is 18.0. The Balaban J connectivity index is 1.73. The van der Waals surface area contributed by atoms with E-state index < -0.39 is 23.8 Å². The van der Waals surface area contributed by atoms with E-state index in [-0.39, 0.29) is 19.1 Å². The first kappa shape index (κ1) is 20.5. The highest BCUT2D eigenvalue weighted by Crippen LogP contribution is 2.42. The number of hydrogen-bond acceptors (Lipinski definition) is 5. The number of ether oxygens (including phenoxy) is 2. The summed E-state index contributed by atoms with van der Waals surface area (Å²) in [7, 11) is 1.59. The van der Waals surface area contributed by atoms with Gasteiger partial charge in [-0.3, -0.25) is 9.48 Å². The Morgan fingerprint density at radius 2 is 2.00 bits per heavy atom. The minimum absolute atomic E-state index is 0.199. The van der Waals surface area contributed by atoms with Gasteiger partial charge in [-0.1, -0.05) is 0 Å². The van der Waals surface area contributed by atoms with Crippen LogP contribution in [0.2, 0.25) is 0 Å². The van der Waals surface area contributed by atoms with E-state index in [1.54, 1.807) is 32.5 Å². The molecule has 0 aromatic carbocycles. The third-order valence-electron chi connectivity index (χ3n) is 5.07. The molecule has 0 spiro atoms. The summed E-state index contributed by atoms with van der Waals surface area (Å²) < 4.78 is 36.4. The molecular weight excluding hydrogens is 374 g/mol. The highest BCUT2D eigenvalue weighted by Gasteiger charge is 2.50. The Kier molecular flexibility index (Phi) is 5.35. The second-order valence-electron chi connectivity index (χ2n) is 8.29. The van der Waals surface area contributed by atoms with Crippen molar-refractivity contribution >= 4 is 12.0 Å². The van der Waals surface area contributed by atoms with Crippen molar-refractivity contribution in [1.29, 1.82) is 0 Å². The summed E-state index contributed by atoms with van der Waals surface area (Å²) in [5.74, 6) is -0.317. The number of carbonyl (C=O) groups excluding carboxylic acids is 2. The molecule has 156 valence electrons. The highest BCUT2D eigenvalue weighted by atomic mass is 19.3. The maximum absolute atomic E-state index is 13.0. The van der Waals surface area contributed by atoms with Crippen molar-refractivity contribution in [2.75, 3.05) is 20.2 Å². The fourth-order valence-electron chi connectivity index (χ4n) is 3.24. The minimum Gasteiger partial charge on any atom is -0.444 e. The van der Waals surface area contributed by atoms with Crippen LogP contribution in [0.3, 0.4) is 0 Å². The number of amides is 2. The zero-order chi connectivity index (χ0) is 20.7. The largest absolute Gasteiger partial charge is 0.444 e. The zero-order valence-corrected chi connectivity index (χ0v) is 16.6. The predicted molar refractivity (Wildman–Crippen MR) is 94.9 cm³/mol. The van der Waals surface area contributed by atoms with Gasteiger partial charge in [0.1, 0.15) is 5.60 Å². The predicted octanol–water partition coefficient (Wildman–Crippen LogP) is 2.48. The Hall–Kier alpha value is -2.23. The number of halogens is 2. The molecule has 2 amide bonds. The lowest BCUT2D eigenvalue weighted by molar-refractivity contribution is -0.141. The van der Waals surface area contributed by atoms with Crippen LogP contribution in [0.1, 0.15) is 49.7 Å². The summed E-state index contributed by atoms with van der Waals surface area (Å²) in [6.45, 7) is 3.38. The van der Waals surface area contributed by atoms with Gasteiger partial charge in [-0.05, 0) is 33.6 Å². The van der Waals surface area contributed by atoms with Crippen LogP contribution in [0.15, 0.2) is 6.20 Å². The molecule has 0 bridgehead atoms. The number of nitrogens with zero attached hydrogens (tertiary/aromatic N) is 4. The van der Waals surface area contributed by atoms with Gasteiger partial charge in [0.25, 0.3) is 5.91 Å². The molecule has 0 atom stereocenters. The molecule has 0 unspecified atom stereocenters. The van der Waals surface area contributed by atoms with Gasteiger partial charge in [-0.25, -0.2) is 4.79 Å². The van der Waals surface area contributed by atoms with Gasteiger partial charge in [-0.2, -0.15) is 13.9 Å². The average Bonchev–Trinajstić information content (AvgIpc) is 3.28. The molecule has 1 saturated carbocycles. The molecule has 1 aliphatic heterocycles. The molecule has 1 fully saturated rings. The van der Waals surface area contributed by atoms with E-state index in [2.05, 4.69) is 9.84 Å². The van der Waals surface area contributed by atoms with Gasteiger partial charge in [0.15, 0.2) is 0 Å². The smallest absolute Gasteiger partial charge is 0.410 e. The van der Waals surface area contributed by atoms with E-state index in [4.69, 9.17) is 4.74 Å². The summed E-state index contributed by atoms with van der Waals surface area (Å²) in [6, 6.07) is 0. The second-order valence-corrected chi connectivity index (χ2v) is 8.29. The van der Waals surface area contributed by atoms with Crippen LogP contribution >= 0.6 is 0 Å². The number of aromatic nitrogens is 2. The number of likely N-dealkylation sites (N-methyl/N-ethyl adjacent to an activating group) is 1. The maximum Gasteiger partial charge on any atom is 0.410 e. The quantitative estimate of drug-likeness (QED) is 0.759. The average molecular weight is 400 g/mol. The minimum atomic E-state index is -2.87. The molecule has 1 aliphatic carbocycles. The monoisotopic (exact) mass is 400 g/mol. The topological polar surface area (TPSA) is 76.9 Å². The molecular formula is C18H26F2N4O4. The van der Waals surface area contributed by atoms with E-state index >= 15 is 0 Å². The molecule has 1 aromatic heterocycles. The van der Waals surface area contributed by atoms with Crippen LogP contribution in [0, 0.1) is 0 Å². The summed E-state index contributed by atoms with van der Waals surface area (Å²) >= 11 is 0. The lowest BCUT2D eigenvalue weighted by Gasteiger charge is -2.32. The highest BCUT2D eigenvalue weighted by molar-refractivity contribution is 5.96. The fraction of sp³-hybridized carbons (Fsp3) is 0.722. The van der Waals surface area contributed by atoms with Gasteiger partial charge in [0.05, 0.1) is 42.7 Å². The summed E-state index contributed by atoms with van der Waals surface area (Å²) in [5.41, 5.74) is -0.350. The first-order chi connectivity index (χ1) is 13.0. The van der Waals surface area contributed by atoms with Gasteiger partial charge >= 0.3 is 12.7 Å². The molecule has 0 saturated heterocycles. The summed E-state index contributed by atoms with van der Waals surface area (Å²) in [6.07, 6.45) is 2.23. The van der Waals surface area contributed by atoms with Crippen LogP contribution in [0.4, 0.5) is 13.6 Å². The number of rotatable bonds is 5. The molecule has 0 N–H and O–H groups in total. The lowest BCUT2D eigenvalue weighted by Crippen LogP contribution is -2.44. The Labute approximate surface area is 162 Å². The first-order valence-corrected chi connectivity index (χ1v) is 9.23. The molecule has 10 heteroatoms. The number of hydrogen-bond donors (Lipinski definition) is 0. The maximum atomic E-state index is 13.0. The van der Waals surface area contributed by atoms with Crippen molar-refractivity contribution in [3.8, 4) is 0 Å². The molecule has 1 aromatic rings. The van der Waals surface area contributed by atoms with Crippen molar-refractivity contribution < 1.29 is 27.8 Å². The third kappa shape index (κ3) is 4.26. The Bertz CT molecular complexity index is 755. The van der Waals surface area contributed by atoms with Crippen molar-refractivity contribution in [3.63, 3.8) is 0 Å². The van der Waals surface area contributed by atoms with E-state index in [1.165, 1.54) is 16.0 Å². The van der Waals surface area contributed by atoms with Gasteiger partial charge < -0.3 is 19.3 Å². The Morgan fingerprint density at radius 3 is 2.57 bits per heavy atom. The van der Waals surface area contributed by atoms with Crippen LogP contribution < -0.4 is 0 Å². The van der Waals surface area contributed by atoms with E-state index in [0.717, 1.165) is 0 Å². The van der Waals surface area contributed by atoms with Gasteiger partial charge in [0.2, 0.25) is 0 Å². The van der Waals surface area contributed by atoms with E-state index in [9.17, 15) is 18.4 Å². The summed E-state index contributed by atoms with van der Waals surface area (Å²) in [4.78, 5) is 28.4. The summed E-state index contributed by atoms with van der Waals surface area (Å²) in [5, 5.41) is 4.24. The Morgan fingerprint density at radius 1 is 1.32 bits per heavy atom. The van der Waals surface area contributed by atoms with Crippen molar-refractivity contribution in [2.45, 2.75) is 64.5 Å².